The average Bonchev–Trinajstić information content (AvgIpc) is 2.28. The van der Waals surface area contributed by atoms with Gasteiger partial charge in [0.05, 0.1) is 0 Å². The van der Waals surface area contributed by atoms with Gasteiger partial charge in [0.25, 0.3) is 0 Å². The van der Waals surface area contributed by atoms with Crippen LogP contribution in [-0.2, 0) is 4.79 Å². The Kier molecular flexibility index (Phi) is 9.35. The third kappa shape index (κ3) is 9.03. The number of amides is 1. The monoisotopic (exact) mass is 251 g/mol. The Hall–Kier alpha value is -1.05. The Morgan fingerprint density at radius 2 is 1.44 bits per heavy atom. The lowest BCUT2D eigenvalue weighted by atomic mass is 10.2. The van der Waals surface area contributed by atoms with Gasteiger partial charge in [0, 0.05) is 19.5 Å². The van der Waals surface area contributed by atoms with Gasteiger partial charge in [-0.25, -0.2) is 0 Å². The fourth-order valence-electron chi connectivity index (χ4n) is 1.55. The van der Waals surface area contributed by atoms with Crippen LogP contribution in [0.4, 0.5) is 0 Å². The van der Waals surface area contributed by atoms with Gasteiger partial charge in [0.1, 0.15) is 0 Å². The number of allylic oxidation sites excluding steroid dienone is 2. The molecule has 0 N–H and O–H groups in total. The first-order valence-corrected chi connectivity index (χ1v) is 7.01. The molecule has 18 heavy (non-hydrogen) atoms. The minimum Gasteiger partial charge on any atom is -0.335 e. The van der Waals surface area contributed by atoms with Crippen molar-refractivity contribution in [2.75, 3.05) is 13.1 Å². The van der Waals surface area contributed by atoms with E-state index >= 15 is 0 Å². The van der Waals surface area contributed by atoms with Gasteiger partial charge in [-0.15, -0.1) is 0 Å². The maximum Gasteiger partial charge on any atom is 0.223 e. The molecule has 0 heterocycles. The summed E-state index contributed by atoms with van der Waals surface area (Å²) in [5.74, 6) is 0.276. The second-order valence-electron chi connectivity index (χ2n) is 5.32. The standard InChI is InChI=1S/C16H29NO/c1-6-7-8-9-16(18)17(12-10-14(2)3)13-11-15(4)5/h10-11H,6-9,12-13H2,1-5H3. The van der Waals surface area contributed by atoms with Gasteiger partial charge in [0.15, 0.2) is 0 Å². The maximum absolute atomic E-state index is 12.1. The third-order valence-electron chi connectivity index (χ3n) is 2.79. The van der Waals surface area contributed by atoms with Gasteiger partial charge in [-0.05, 0) is 34.1 Å². The second-order valence-corrected chi connectivity index (χ2v) is 5.32. The highest BCUT2D eigenvalue weighted by molar-refractivity contribution is 5.76. The molecule has 0 fully saturated rings. The molecule has 0 aliphatic carbocycles. The van der Waals surface area contributed by atoms with E-state index in [1.807, 2.05) is 4.90 Å². The molecule has 104 valence electrons. The fourth-order valence-corrected chi connectivity index (χ4v) is 1.55. The van der Waals surface area contributed by atoms with Crippen molar-refractivity contribution >= 4 is 5.91 Å². The summed E-state index contributed by atoms with van der Waals surface area (Å²) < 4.78 is 0. The first kappa shape index (κ1) is 16.9. The predicted octanol–water partition coefficient (Wildman–Crippen LogP) is 4.33. The molecule has 0 spiro atoms. The van der Waals surface area contributed by atoms with Crippen molar-refractivity contribution in [1.29, 1.82) is 0 Å². The van der Waals surface area contributed by atoms with Gasteiger partial charge in [0.2, 0.25) is 5.91 Å². The van der Waals surface area contributed by atoms with Crippen molar-refractivity contribution in [2.45, 2.75) is 60.3 Å². The molecule has 2 heteroatoms. The minimum absolute atomic E-state index is 0.276. The number of rotatable bonds is 8. The van der Waals surface area contributed by atoms with Crippen LogP contribution >= 0.6 is 0 Å². The van der Waals surface area contributed by atoms with Crippen molar-refractivity contribution in [3.63, 3.8) is 0 Å². The number of carbonyl (C=O) groups is 1. The Bertz CT molecular complexity index is 274. The molecular formula is C16H29NO. The molecule has 0 unspecified atom stereocenters. The van der Waals surface area contributed by atoms with Crippen molar-refractivity contribution in [3.8, 4) is 0 Å². The van der Waals surface area contributed by atoms with E-state index in [0.29, 0.717) is 6.42 Å². The molecule has 0 rings (SSSR count). The first-order chi connectivity index (χ1) is 8.47. The zero-order valence-corrected chi connectivity index (χ0v) is 12.8. The molecule has 0 bridgehead atoms. The van der Waals surface area contributed by atoms with Gasteiger partial charge in [-0.2, -0.15) is 0 Å². The Morgan fingerprint density at radius 3 is 1.83 bits per heavy atom. The highest BCUT2D eigenvalue weighted by Gasteiger charge is 2.10. The second kappa shape index (κ2) is 9.93. The molecule has 0 saturated heterocycles. The largest absolute Gasteiger partial charge is 0.335 e. The molecule has 0 aromatic carbocycles. The van der Waals surface area contributed by atoms with Crippen LogP contribution < -0.4 is 0 Å². The lowest BCUT2D eigenvalue weighted by Crippen LogP contribution is -2.31. The van der Waals surface area contributed by atoms with Crippen molar-refractivity contribution in [3.05, 3.63) is 23.3 Å². The lowest BCUT2D eigenvalue weighted by molar-refractivity contribution is -0.130. The SMILES string of the molecule is CCCCCC(=O)N(CC=C(C)C)CC=C(C)C. The van der Waals surface area contributed by atoms with E-state index in [4.69, 9.17) is 0 Å². The Balaban J connectivity index is 4.39. The van der Waals surface area contributed by atoms with Crippen LogP contribution in [0.1, 0.15) is 60.3 Å². The lowest BCUT2D eigenvalue weighted by Gasteiger charge is -2.20. The summed E-state index contributed by atoms with van der Waals surface area (Å²) in [6.45, 7) is 11.9. The third-order valence-corrected chi connectivity index (χ3v) is 2.79. The van der Waals surface area contributed by atoms with Gasteiger partial charge in [-0.1, -0.05) is 43.1 Å². The van der Waals surface area contributed by atoms with Crippen molar-refractivity contribution < 1.29 is 4.79 Å². The fraction of sp³-hybridized carbons (Fsp3) is 0.688. The van der Waals surface area contributed by atoms with E-state index in [0.717, 1.165) is 32.4 Å². The summed E-state index contributed by atoms with van der Waals surface area (Å²) >= 11 is 0. The van der Waals surface area contributed by atoms with E-state index in [1.165, 1.54) is 11.1 Å². The van der Waals surface area contributed by atoms with Crippen LogP contribution in [0.2, 0.25) is 0 Å². The summed E-state index contributed by atoms with van der Waals surface area (Å²) in [6, 6.07) is 0. The smallest absolute Gasteiger partial charge is 0.223 e. The Morgan fingerprint density at radius 1 is 0.944 bits per heavy atom. The van der Waals surface area contributed by atoms with Crippen molar-refractivity contribution in [1.82, 2.24) is 4.90 Å². The molecule has 0 aliphatic heterocycles. The molecule has 2 nitrogen and oxygen atoms in total. The average molecular weight is 251 g/mol. The zero-order chi connectivity index (χ0) is 14.0. The van der Waals surface area contributed by atoms with Crippen LogP contribution in [0.3, 0.4) is 0 Å². The van der Waals surface area contributed by atoms with Gasteiger partial charge >= 0.3 is 0 Å². The highest BCUT2D eigenvalue weighted by Crippen LogP contribution is 2.05. The molecule has 0 radical (unpaired) electrons. The minimum atomic E-state index is 0.276. The summed E-state index contributed by atoms with van der Waals surface area (Å²) in [7, 11) is 0. The van der Waals surface area contributed by atoms with E-state index < -0.39 is 0 Å². The quantitative estimate of drug-likeness (QED) is 0.464. The van der Waals surface area contributed by atoms with Crippen LogP contribution in [0.5, 0.6) is 0 Å². The molecule has 0 aliphatic rings. The van der Waals surface area contributed by atoms with E-state index in [1.54, 1.807) is 0 Å². The maximum atomic E-state index is 12.1. The van der Waals surface area contributed by atoms with Crippen LogP contribution in [-0.4, -0.2) is 23.9 Å². The summed E-state index contributed by atoms with van der Waals surface area (Å²) in [6.07, 6.45) is 8.24. The molecule has 0 saturated carbocycles. The highest BCUT2D eigenvalue weighted by atomic mass is 16.2. The summed E-state index contributed by atoms with van der Waals surface area (Å²) in [5, 5.41) is 0. The van der Waals surface area contributed by atoms with E-state index in [9.17, 15) is 4.79 Å². The van der Waals surface area contributed by atoms with Crippen molar-refractivity contribution in [2.24, 2.45) is 0 Å². The molecule has 0 atom stereocenters. The van der Waals surface area contributed by atoms with Crippen LogP contribution in [0.25, 0.3) is 0 Å². The number of hydrogen-bond acceptors (Lipinski definition) is 1. The summed E-state index contributed by atoms with van der Waals surface area (Å²) in [5.41, 5.74) is 2.53. The zero-order valence-electron chi connectivity index (χ0n) is 12.8. The number of nitrogens with zero attached hydrogens (tertiary/aromatic N) is 1. The summed E-state index contributed by atoms with van der Waals surface area (Å²) in [4.78, 5) is 14.1. The van der Waals surface area contributed by atoms with Gasteiger partial charge < -0.3 is 4.90 Å². The topological polar surface area (TPSA) is 20.3 Å². The van der Waals surface area contributed by atoms with Crippen LogP contribution in [0, 0.1) is 0 Å². The number of hydrogen-bond donors (Lipinski definition) is 0. The van der Waals surface area contributed by atoms with Crippen LogP contribution in [0.15, 0.2) is 23.3 Å². The normalized spacial score (nSPS) is 9.83. The molecule has 0 aromatic heterocycles. The predicted molar refractivity (Wildman–Crippen MR) is 79.6 cm³/mol. The Labute approximate surface area is 113 Å². The number of carbonyl (C=O) groups excluding carboxylic acids is 1. The first-order valence-electron chi connectivity index (χ1n) is 7.01. The van der Waals surface area contributed by atoms with Gasteiger partial charge in [-0.3, -0.25) is 4.79 Å². The molecule has 0 aromatic rings. The van der Waals surface area contributed by atoms with E-state index in [-0.39, 0.29) is 5.91 Å². The van der Waals surface area contributed by atoms with E-state index in [2.05, 4.69) is 46.8 Å². The molecule has 1 amide bonds. The molecular weight excluding hydrogens is 222 g/mol. The number of unbranched alkanes of at least 4 members (excludes halogenated alkanes) is 2.